The van der Waals surface area contributed by atoms with Crippen molar-refractivity contribution >= 4 is 17.2 Å². The first-order chi connectivity index (χ1) is 4.84. The van der Waals surface area contributed by atoms with Crippen LogP contribution < -0.4 is 5.32 Å². The van der Waals surface area contributed by atoms with Crippen molar-refractivity contribution in [2.24, 2.45) is 0 Å². The molecule has 0 fully saturated rings. The molecule has 10 heavy (non-hydrogen) atoms. The molecule has 1 amide bonds. The van der Waals surface area contributed by atoms with E-state index >= 15 is 0 Å². The van der Waals surface area contributed by atoms with Crippen LogP contribution in [0.25, 0.3) is 0 Å². The topological polar surface area (TPSA) is 65.8 Å². The van der Waals surface area contributed by atoms with E-state index in [1.165, 1.54) is 23.0 Å². The van der Waals surface area contributed by atoms with Gasteiger partial charge in [-0.25, -0.2) is 4.98 Å². The molecule has 0 aliphatic carbocycles. The number of hydrogen-bond acceptors (Lipinski definition) is 4. The number of carbonyl (C=O) groups is 1. The van der Waals surface area contributed by atoms with Gasteiger partial charge in [0.15, 0.2) is 6.19 Å². The van der Waals surface area contributed by atoms with Gasteiger partial charge in [0.25, 0.3) is 5.91 Å². The highest BCUT2D eigenvalue weighted by molar-refractivity contribution is 7.07. The number of nitrogens with zero attached hydrogens (tertiary/aromatic N) is 2. The quantitative estimate of drug-likeness (QED) is 0.467. The van der Waals surface area contributed by atoms with Crippen molar-refractivity contribution < 1.29 is 4.79 Å². The molecule has 0 radical (unpaired) electrons. The predicted octanol–water partition coefficient (Wildman–Crippen LogP) is 0.354. The van der Waals surface area contributed by atoms with Gasteiger partial charge in [-0.2, -0.15) is 5.26 Å². The molecule has 1 heterocycles. The number of nitrogens with one attached hydrogen (secondary N) is 1. The average Bonchev–Trinajstić information content (AvgIpc) is 2.38. The summed E-state index contributed by atoms with van der Waals surface area (Å²) < 4.78 is 0. The largest absolute Gasteiger partial charge is 0.283 e. The maximum Gasteiger partial charge on any atom is 0.283 e. The second-order valence-electron chi connectivity index (χ2n) is 1.44. The number of nitriles is 1. The van der Waals surface area contributed by atoms with Crippen LogP contribution in [0.15, 0.2) is 10.9 Å². The van der Waals surface area contributed by atoms with Gasteiger partial charge in [-0.15, -0.1) is 11.3 Å². The molecule has 50 valence electrons. The fraction of sp³-hybridized carbons (Fsp3) is 0. The molecule has 0 atom stereocenters. The predicted molar refractivity (Wildman–Crippen MR) is 35.2 cm³/mol. The Bertz CT molecular complexity index is 261. The Morgan fingerprint density at radius 3 is 3.20 bits per heavy atom. The van der Waals surface area contributed by atoms with E-state index < -0.39 is 5.91 Å². The Morgan fingerprint density at radius 2 is 2.70 bits per heavy atom. The summed E-state index contributed by atoms with van der Waals surface area (Å²) in [6.45, 7) is 0. The lowest BCUT2D eigenvalue weighted by Crippen LogP contribution is -2.17. The Labute approximate surface area is 61.1 Å². The lowest BCUT2D eigenvalue weighted by molar-refractivity contribution is 0.0968. The molecule has 0 bridgehead atoms. The molecule has 0 saturated heterocycles. The van der Waals surface area contributed by atoms with E-state index in [1.54, 1.807) is 5.38 Å². The molecule has 0 unspecified atom stereocenters. The molecule has 0 aliphatic heterocycles. The molecule has 5 heteroatoms. The van der Waals surface area contributed by atoms with Crippen molar-refractivity contribution in [1.29, 1.82) is 5.26 Å². The third-order valence-corrected chi connectivity index (χ3v) is 1.42. The first-order valence-corrected chi connectivity index (χ1v) is 3.36. The van der Waals surface area contributed by atoms with E-state index in [-0.39, 0.29) is 5.69 Å². The van der Waals surface area contributed by atoms with Gasteiger partial charge in [0, 0.05) is 5.38 Å². The molecule has 1 aromatic rings. The van der Waals surface area contributed by atoms with Crippen molar-refractivity contribution in [2.75, 3.05) is 0 Å². The first kappa shape index (κ1) is 6.71. The van der Waals surface area contributed by atoms with Gasteiger partial charge < -0.3 is 0 Å². The number of hydrogen-bond donors (Lipinski definition) is 1. The highest BCUT2D eigenvalue weighted by Gasteiger charge is 2.04. The van der Waals surface area contributed by atoms with Crippen molar-refractivity contribution in [1.82, 2.24) is 10.3 Å². The molecule has 1 aromatic heterocycles. The van der Waals surface area contributed by atoms with Crippen LogP contribution in [0.3, 0.4) is 0 Å². The van der Waals surface area contributed by atoms with Crippen LogP contribution in [0, 0.1) is 11.5 Å². The molecule has 4 nitrogen and oxygen atoms in total. The lowest BCUT2D eigenvalue weighted by atomic mass is 10.5. The SMILES string of the molecule is N#CNC(=O)c1cscn1. The normalized spacial score (nSPS) is 8.30. The van der Waals surface area contributed by atoms with Crippen LogP contribution in [0.4, 0.5) is 0 Å². The van der Waals surface area contributed by atoms with E-state index in [1.807, 2.05) is 5.32 Å². The van der Waals surface area contributed by atoms with Crippen LogP contribution in [0.2, 0.25) is 0 Å². The third kappa shape index (κ3) is 1.30. The summed E-state index contributed by atoms with van der Waals surface area (Å²) in [6.07, 6.45) is 1.52. The number of carbonyl (C=O) groups excluding carboxylic acids is 1. The van der Waals surface area contributed by atoms with Crippen LogP contribution in [-0.4, -0.2) is 10.9 Å². The van der Waals surface area contributed by atoms with Crippen molar-refractivity contribution in [3.63, 3.8) is 0 Å². The van der Waals surface area contributed by atoms with Gasteiger partial charge in [-0.05, 0) is 0 Å². The summed E-state index contributed by atoms with van der Waals surface area (Å²) in [4.78, 5) is 14.4. The number of amides is 1. The maximum atomic E-state index is 10.7. The first-order valence-electron chi connectivity index (χ1n) is 2.42. The van der Waals surface area contributed by atoms with E-state index in [0.29, 0.717) is 0 Å². The van der Waals surface area contributed by atoms with Crippen molar-refractivity contribution in [3.05, 3.63) is 16.6 Å². The third-order valence-electron chi connectivity index (χ3n) is 0.834. The van der Waals surface area contributed by atoms with Gasteiger partial charge >= 0.3 is 0 Å². The highest BCUT2D eigenvalue weighted by atomic mass is 32.1. The molecule has 0 saturated carbocycles. The molecule has 1 rings (SSSR count). The standard InChI is InChI=1S/C5H3N3OS/c6-2-7-5(9)4-1-10-3-8-4/h1,3H,(H,7,9). The van der Waals surface area contributed by atoms with Gasteiger partial charge in [0.2, 0.25) is 0 Å². The van der Waals surface area contributed by atoms with Crippen LogP contribution in [-0.2, 0) is 0 Å². The Balaban J connectivity index is 2.71. The fourth-order valence-electron chi connectivity index (χ4n) is 0.439. The molecule has 0 aromatic carbocycles. The summed E-state index contributed by atoms with van der Waals surface area (Å²) in [7, 11) is 0. The second-order valence-corrected chi connectivity index (χ2v) is 2.16. The van der Waals surface area contributed by atoms with E-state index in [0.717, 1.165) is 0 Å². The highest BCUT2D eigenvalue weighted by Crippen LogP contribution is 1.99. The molecular formula is C5H3N3OS. The lowest BCUT2D eigenvalue weighted by Gasteiger charge is -1.86. The summed E-state index contributed by atoms with van der Waals surface area (Å²) in [5.41, 5.74) is 1.82. The summed E-state index contributed by atoms with van der Waals surface area (Å²) in [5.74, 6) is -0.455. The van der Waals surface area contributed by atoms with E-state index in [4.69, 9.17) is 5.26 Å². The van der Waals surface area contributed by atoms with Gasteiger partial charge in [-0.3, -0.25) is 10.1 Å². The Hall–Kier alpha value is -1.41. The van der Waals surface area contributed by atoms with Crippen molar-refractivity contribution in [3.8, 4) is 6.19 Å². The minimum Gasteiger partial charge on any atom is -0.266 e. The van der Waals surface area contributed by atoms with Crippen LogP contribution in [0.5, 0.6) is 0 Å². The van der Waals surface area contributed by atoms with Crippen molar-refractivity contribution in [2.45, 2.75) is 0 Å². The molecule has 0 spiro atoms. The second kappa shape index (κ2) is 2.94. The number of thiazole rings is 1. The monoisotopic (exact) mass is 153 g/mol. The van der Waals surface area contributed by atoms with Gasteiger partial charge in [0.1, 0.15) is 5.69 Å². The maximum absolute atomic E-state index is 10.7. The zero-order valence-electron chi connectivity index (χ0n) is 4.87. The molecule has 1 N–H and O–H groups in total. The Morgan fingerprint density at radius 1 is 1.90 bits per heavy atom. The summed E-state index contributed by atoms with van der Waals surface area (Å²) in [6, 6.07) is 0. The summed E-state index contributed by atoms with van der Waals surface area (Å²) in [5, 5.41) is 11.6. The average molecular weight is 153 g/mol. The minimum atomic E-state index is -0.455. The zero-order valence-corrected chi connectivity index (χ0v) is 5.68. The fourth-order valence-corrected chi connectivity index (χ4v) is 0.972. The minimum absolute atomic E-state index is 0.284. The van der Waals surface area contributed by atoms with Gasteiger partial charge in [0.05, 0.1) is 5.51 Å². The number of aromatic nitrogens is 1. The smallest absolute Gasteiger partial charge is 0.266 e. The van der Waals surface area contributed by atoms with E-state index in [2.05, 4.69) is 4.98 Å². The summed E-state index contributed by atoms with van der Waals surface area (Å²) >= 11 is 1.31. The van der Waals surface area contributed by atoms with E-state index in [9.17, 15) is 4.79 Å². The molecule has 0 aliphatic rings. The van der Waals surface area contributed by atoms with Crippen LogP contribution >= 0.6 is 11.3 Å². The van der Waals surface area contributed by atoms with Crippen LogP contribution in [0.1, 0.15) is 10.5 Å². The zero-order chi connectivity index (χ0) is 7.40. The Kier molecular flexibility index (Phi) is 1.97. The van der Waals surface area contributed by atoms with Gasteiger partial charge in [-0.1, -0.05) is 0 Å². The number of rotatable bonds is 1. The molecular weight excluding hydrogens is 150 g/mol.